The SMILES string of the molecule is COc1ccc(OC)c(/C=C/c2c(F)c(F)c(F)c(F)c2F)c1. The molecule has 2 aromatic rings. The van der Waals surface area contributed by atoms with E-state index in [1.165, 1.54) is 32.4 Å². The summed E-state index contributed by atoms with van der Waals surface area (Å²) in [7, 11) is 2.79. The quantitative estimate of drug-likeness (QED) is 0.354. The van der Waals surface area contributed by atoms with Gasteiger partial charge in [-0.1, -0.05) is 6.08 Å². The van der Waals surface area contributed by atoms with Crippen LogP contribution in [-0.4, -0.2) is 14.2 Å². The Morgan fingerprint density at radius 2 is 1.30 bits per heavy atom. The first-order chi connectivity index (χ1) is 10.9. The van der Waals surface area contributed by atoms with Gasteiger partial charge in [-0.15, -0.1) is 0 Å². The lowest BCUT2D eigenvalue weighted by Crippen LogP contribution is -2.03. The molecule has 0 heterocycles. The summed E-state index contributed by atoms with van der Waals surface area (Å²) < 4.78 is 76.6. The lowest BCUT2D eigenvalue weighted by Gasteiger charge is -2.08. The van der Waals surface area contributed by atoms with Gasteiger partial charge in [-0.25, -0.2) is 22.0 Å². The molecule has 0 aromatic heterocycles. The van der Waals surface area contributed by atoms with Crippen LogP contribution in [0.15, 0.2) is 18.2 Å². The standard InChI is InChI=1S/C16H11F5O2/c1-22-9-4-6-11(23-2)8(7-9)3-5-10-12(17)14(19)16(21)15(20)13(10)18/h3-7H,1-2H3/b5-3+. The maximum atomic E-state index is 13.6. The van der Waals surface area contributed by atoms with E-state index in [2.05, 4.69) is 0 Å². The first-order valence-electron chi connectivity index (χ1n) is 6.32. The molecule has 23 heavy (non-hydrogen) atoms. The molecule has 0 atom stereocenters. The Kier molecular flexibility index (Phi) is 4.88. The van der Waals surface area contributed by atoms with Crippen LogP contribution in [0, 0.1) is 29.1 Å². The Balaban J connectivity index is 2.53. The molecular weight excluding hydrogens is 319 g/mol. The van der Waals surface area contributed by atoms with E-state index in [-0.39, 0.29) is 0 Å². The van der Waals surface area contributed by atoms with Crippen molar-refractivity contribution in [2.75, 3.05) is 14.2 Å². The fourth-order valence-corrected chi connectivity index (χ4v) is 1.91. The van der Waals surface area contributed by atoms with Crippen LogP contribution < -0.4 is 9.47 Å². The van der Waals surface area contributed by atoms with E-state index in [0.29, 0.717) is 17.1 Å². The second-order valence-electron chi connectivity index (χ2n) is 4.42. The van der Waals surface area contributed by atoms with Crippen molar-refractivity contribution in [1.29, 1.82) is 0 Å². The van der Waals surface area contributed by atoms with Crippen molar-refractivity contribution in [3.63, 3.8) is 0 Å². The zero-order chi connectivity index (χ0) is 17.1. The molecule has 0 aliphatic rings. The first-order valence-corrected chi connectivity index (χ1v) is 6.32. The van der Waals surface area contributed by atoms with Gasteiger partial charge in [0, 0.05) is 5.56 Å². The van der Waals surface area contributed by atoms with Crippen molar-refractivity contribution >= 4 is 12.2 Å². The van der Waals surface area contributed by atoms with Gasteiger partial charge in [0.2, 0.25) is 5.82 Å². The topological polar surface area (TPSA) is 18.5 Å². The van der Waals surface area contributed by atoms with Crippen molar-refractivity contribution in [2.24, 2.45) is 0 Å². The lowest BCUT2D eigenvalue weighted by molar-refractivity contribution is 0.377. The molecule has 122 valence electrons. The molecule has 0 bridgehead atoms. The number of hydrogen-bond donors (Lipinski definition) is 0. The number of rotatable bonds is 4. The largest absolute Gasteiger partial charge is 0.497 e. The number of ether oxygens (including phenoxy) is 2. The molecular formula is C16H11F5O2. The molecule has 0 spiro atoms. The summed E-state index contributed by atoms with van der Waals surface area (Å²) >= 11 is 0. The monoisotopic (exact) mass is 330 g/mol. The minimum atomic E-state index is -2.20. The summed E-state index contributed by atoms with van der Waals surface area (Å²) in [4.78, 5) is 0. The van der Waals surface area contributed by atoms with Gasteiger partial charge in [0.1, 0.15) is 11.5 Å². The summed E-state index contributed by atoms with van der Waals surface area (Å²) in [5, 5.41) is 0. The summed E-state index contributed by atoms with van der Waals surface area (Å²) in [6, 6.07) is 4.62. The van der Waals surface area contributed by atoms with E-state index in [1.54, 1.807) is 6.07 Å². The fraction of sp³-hybridized carbons (Fsp3) is 0.125. The van der Waals surface area contributed by atoms with Gasteiger partial charge in [0.15, 0.2) is 23.3 Å². The van der Waals surface area contributed by atoms with Crippen LogP contribution in [0.5, 0.6) is 11.5 Å². The molecule has 2 rings (SSSR count). The van der Waals surface area contributed by atoms with Crippen LogP contribution in [-0.2, 0) is 0 Å². The van der Waals surface area contributed by atoms with Crippen molar-refractivity contribution in [3.8, 4) is 11.5 Å². The summed E-state index contributed by atoms with van der Waals surface area (Å²) in [5.41, 5.74) is -0.693. The van der Waals surface area contributed by atoms with E-state index in [0.717, 1.165) is 6.08 Å². The van der Waals surface area contributed by atoms with Crippen LogP contribution in [0.4, 0.5) is 22.0 Å². The van der Waals surface area contributed by atoms with Crippen LogP contribution in [0.3, 0.4) is 0 Å². The molecule has 2 nitrogen and oxygen atoms in total. The zero-order valence-electron chi connectivity index (χ0n) is 12.1. The van der Waals surface area contributed by atoms with Gasteiger partial charge >= 0.3 is 0 Å². The summed E-state index contributed by atoms with van der Waals surface area (Å²) in [5.74, 6) is -9.23. The van der Waals surface area contributed by atoms with Gasteiger partial charge in [-0.2, -0.15) is 0 Å². The summed E-state index contributed by atoms with van der Waals surface area (Å²) in [6.45, 7) is 0. The molecule has 0 amide bonds. The zero-order valence-corrected chi connectivity index (χ0v) is 12.1. The molecule has 0 saturated carbocycles. The molecule has 0 radical (unpaired) electrons. The number of methoxy groups -OCH3 is 2. The Morgan fingerprint density at radius 3 is 1.83 bits per heavy atom. The van der Waals surface area contributed by atoms with E-state index in [4.69, 9.17) is 9.47 Å². The summed E-state index contributed by atoms with van der Waals surface area (Å²) in [6.07, 6.45) is 1.95. The predicted molar refractivity (Wildman–Crippen MR) is 74.7 cm³/mol. The molecule has 0 N–H and O–H groups in total. The molecule has 0 unspecified atom stereocenters. The normalized spacial score (nSPS) is 11.1. The molecule has 0 fully saturated rings. The van der Waals surface area contributed by atoms with E-state index in [1.807, 2.05) is 0 Å². The molecule has 0 aliphatic heterocycles. The van der Waals surface area contributed by atoms with E-state index < -0.39 is 34.6 Å². The third-order valence-electron chi connectivity index (χ3n) is 3.11. The minimum absolute atomic E-state index is 0.339. The van der Waals surface area contributed by atoms with Crippen molar-refractivity contribution in [2.45, 2.75) is 0 Å². The number of halogens is 5. The fourth-order valence-electron chi connectivity index (χ4n) is 1.91. The highest BCUT2D eigenvalue weighted by atomic mass is 19.2. The smallest absolute Gasteiger partial charge is 0.200 e. The third-order valence-corrected chi connectivity index (χ3v) is 3.11. The van der Waals surface area contributed by atoms with Gasteiger partial charge in [-0.3, -0.25) is 0 Å². The van der Waals surface area contributed by atoms with Crippen LogP contribution >= 0.6 is 0 Å². The minimum Gasteiger partial charge on any atom is -0.497 e. The average molecular weight is 330 g/mol. The Bertz CT molecular complexity index is 743. The van der Waals surface area contributed by atoms with Gasteiger partial charge in [0.05, 0.1) is 19.8 Å². The molecule has 2 aromatic carbocycles. The number of benzene rings is 2. The highest BCUT2D eigenvalue weighted by molar-refractivity contribution is 5.74. The highest BCUT2D eigenvalue weighted by Crippen LogP contribution is 2.28. The van der Waals surface area contributed by atoms with Gasteiger partial charge in [-0.05, 0) is 24.3 Å². The van der Waals surface area contributed by atoms with E-state index >= 15 is 0 Å². The second kappa shape index (κ2) is 6.68. The Morgan fingerprint density at radius 1 is 0.739 bits per heavy atom. The predicted octanol–water partition coefficient (Wildman–Crippen LogP) is 4.57. The lowest BCUT2D eigenvalue weighted by atomic mass is 10.1. The maximum absolute atomic E-state index is 13.6. The van der Waals surface area contributed by atoms with Gasteiger partial charge in [0.25, 0.3) is 0 Å². The Hall–Kier alpha value is -2.57. The molecule has 0 saturated heterocycles. The van der Waals surface area contributed by atoms with Crippen LogP contribution in [0.1, 0.15) is 11.1 Å². The average Bonchev–Trinajstić information content (AvgIpc) is 2.57. The third kappa shape index (κ3) is 3.13. The number of hydrogen-bond acceptors (Lipinski definition) is 2. The van der Waals surface area contributed by atoms with Crippen LogP contribution in [0.25, 0.3) is 12.2 Å². The maximum Gasteiger partial charge on any atom is 0.200 e. The Labute approximate surface area is 128 Å². The molecule has 0 aliphatic carbocycles. The van der Waals surface area contributed by atoms with Crippen molar-refractivity contribution in [1.82, 2.24) is 0 Å². The van der Waals surface area contributed by atoms with Crippen LogP contribution in [0.2, 0.25) is 0 Å². The second-order valence-corrected chi connectivity index (χ2v) is 4.42. The van der Waals surface area contributed by atoms with Gasteiger partial charge < -0.3 is 9.47 Å². The first kappa shape index (κ1) is 16.8. The van der Waals surface area contributed by atoms with E-state index in [9.17, 15) is 22.0 Å². The molecule has 7 heteroatoms. The van der Waals surface area contributed by atoms with Crippen molar-refractivity contribution < 1.29 is 31.4 Å². The highest BCUT2D eigenvalue weighted by Gasteiger charge is 2.24. The van der Waals surface area contributed by atoms with Crippen molar-refractivity contribution in [3.05, 3.63) is 58.4 Å².